The van der Waals surface area contributed by atoms with Crippen molar-refractivity contribution in [2.24, 2.45) is 11.7 Å². The minimum atomic E-state index is -0.702. The first-order valence-corrected chi connectivity index (χ1v) is 7.00. The topological polar surface area (TPSA) is 111 Å². The third-order valence-electron chi connectivity index (χ3n) is 3.55. The number of hydrogen-bond acceptors (Lipinski definition) is 5. The first-order valence-electron chi connectivity index (χ1n) is 7.00. The van der Waals surface area contributed by atoms with Crippen molar-refractivity contribution in [3.05, 3.63) is 36.2 Å². The van der Waals surface area contributed by atoms with Crippen LogP contribution >= 0.6 is 0 Å². The summed E-state index contributed by atoms with van der Waals surface area (Å²) in [5.41, 5.74) is 6.41. The van der Waals surface area contributed by atoms with E-state index in [1.165, 1.54) is 6.39 Å². The summed E-state index contributed by atoms with van der Waals surface area (Å²) in [5, 5.41) is 6.40. The molecule has 3 N–H and O–H groups in total. The van der Waals surface area contributed by atoms with Gasteiger partial charge in [0, 0.05) is 11.1 Å². The van der Waals surface area contributed by atoms with Crippen LogP contribution in [0.5, 0.6) is 0 Å². The first kappa shape index (κ1) is 15.7. The van der Waals surface area contributed by atoms with Gasteiger partial charge in [-0.15, -0.1) is 0 Å². The number of primary amides is 1. The number of carbonyl (C=O) groups excluding carboxylic acids is 2. The predicted octanol–water partition coefficient (Wildman–Crippen LogP) is 1.37. The molecule has 0 spiro atoms. The monoisotopic (exact) mass is 302 g/mol. The number of amides is 2. The molecule has 1 aromatic heterocycles. The van der Waals surface area contributed by atoms with Gasteiger partial charge in [0.25, 0.3) is 5.91 Å². The van der Waals surface area contributed by atoms with Gasteiger partial charge in [-0.25, -0.2) is 0 Å². The molecule has 0 radical (unpaired) electrons. The van der Waals surface area contributed by atoms with Crippen molar-refractivity contribution in [3.8, 4) is 11.4 Å². The van der Waals surface area contributed by atoms with Crippen LogP contribution in [0.1, 0.15) is 30.6 Å². The van der Waals surface area contributed by atoms with E-state index in [0.717, 1.165) is 6.42 Å². The van der Waals surface area contributed by atoms with Crippen LogP contribution in [0.4, 0.5) is 0 Å². The Kier molecular flexibility index (Phi) is 4.88. The van der Waals surface area contributed by atoms with E-state index in [9.17, 15) is 9.59 Å². The highest BCUT2D eigenvalue weighted by Gasteiger charge is 2.24. The van der Waals surface area contributed by atoms with Crippen molar-refractivity contribution in [1.29, 1.82) is 0 Å². The van der Waals surface area contributed by atoms with Gasteiger partial charge in [-0.2, -0.15) is 4.98 Å². The largest absolute Gasteiger partial charge is 0.368 e. The highest BCUT2D eigenvalue weighted by Crippen LogP contribution is 2.16. The summed E-state index contributed by atoms with van der Waals surface area (Å²) in [6.45, 7) is 3.80. The van der Waals surface area contributed by atoms with E-state index >= 15 is 0 Å². The van der Waals surface area contributed by atoms with Crippen LogP contribution in [0.2, 0.25) is 0 Å². The molecular weight excluding hydrogens is 284 g/mol. The first-order chi connectivity index (χ1) is 10.5. The molecule has 1 aromatic carbocycles. The van der Waals surface area contributed by atoms with Crippen LogP contribution in [-0.2, 0) is 4.79 Å². The summed E-state index contributed by atoms with van der Waals surface area (Å²) in [7, 11) is 0. The molecule has 116 valence electrons. The van der Waals surface area contributed by atoms with E-state index in [4.69, 9.17) is 5.73 Å². The molecule has 0 saturated heterocycles. The van der Waals surface area contributed by atoms with E-state index in [1.807, 2.05) is 13.8 Å². The van der Waals surface area contributed by atoms with Crippen LogP contribution in [0.25, 0.3) is 11.4 Å². The predicted molar refractivity (Wildman–Crippen MR) is 79.6 cm³/mol. The summed E-state index contributed by atoms with van der Waals surface area (Å²) < 4.78 is 4.69. The van der Waals surface area contributed by atoms with Crippen LogP contribution in [0.3, 0.4) is 0 Å². The fraction of sp³-hybridized carbons (Fsp3) is 0.333. The fourth-order valence-electron chi connectivity index (χ4n) is 2.05. The fourth-order valence-corrected chi connectivity index (χ4v) is 2.05. The average Bonchev–Trinajstić information content (AvgIpc) is 3.06. The second-order valence-electron chi connectivity index (χ2n) is 5.07. The molecule has 0 saturated carbocycles. The summed E-state index contributed by atoms with van der Waals surface area (Å²) in [5.74, 6) is -0.559. The highest BCUT2D eigenvalue weighted by atomic mass is 16.5. The maximum absolute atomic E-state index is 12.3. The summed E-state index contributed by atoms with van der Waals surface area (Å²) in [6.07, 6.45) is 1.95. The Bertz CT molecular complexity index is 655. The molecule has 2 atom stereocenters. The number of nitrogens with one attached hydrogen (secondary N) is 1. The molecule has 0 aliphatic carbocycles. The lowest BCUT2D eigenvalue weighted by Crippen LogP contribution is -2.48. The van der Waals surface area contributed by atoms with E-state index in [0.29, 0.717) is 17.0 Å². The molecule has 0 aliphatic heterocycles. The third kappa shape index (κ3) is 3.49. The Labute approximate surface area is 127 Å². The van der Waals surface area contributed by atoms with Crippen LogP contribution < -0.4 is 11.1 Å². The maximum atomic E-state index is 12.3. The van der Waals surface area contributed by atoms with Crippen molar-refractivity contribution in [3.63, 3.8) is 0 Å². The zero-order valence-electron chi connectivity index (χ0n) is 12.4. The standard InChI is InChI=1S/C15H18N4O3/c1-3-9(2)12(13(16)20)18-15(21)11-6-4-5-10(7-11)14-17-8-22-19-14/h4-9,12H,3H2,1-2H3,(H2,16,20)(H,18,21)/t9-,12-/m1/s1. The van der Waals surface area contributed by atoms with Gasteiger partial charge in [0.2, 0.25) is 18.1 Å². The average molecular weight is 302 g/mol. The van der Waals surface area contributed by atoms with Crippen molar-refractivity contribution in [1.82, 2.24) is 15.5 Å². The number of aromatic nitrogens is 2. The zero-order valence-corrected chi connectivity index (χ0v) is 12.4. The van der Waals surface area contributed by atoms with Gasteiger partial charge in [-0.3, -0.25) is 9.59 Å². The molecule has 0 aliphatic rings. The van der Waals surface area contributed by atoms with Crippen LogP contribution in [0, 0.1) is 5.92 Å². The number of nitrogens with two attached hydrogens (primary N) is 1. The Balaban J connectivity index is 2.19. The van der Waals surface area contributed by atoms with E-state index < -0.39 is 11.9 Å². The Morgan fingerprint density at radius 3 is 2.77 bits per heavy atom. The van der Waals surface area contributed by atoms with Gasteiger partial charge in [0.15, 0.2) is 0 Å². The van der Waals surface area contributed by atoms with Crippen molar-refractivity contribution >= 4 is 11.8 Å². The van der Waals surface area contributed by atoms with Gasteiger partial charge in [0.1, 0.15) is 6.04 Å². The summed E-state index contributed by atoms with van der Waals surface area (Å²) in [4.78, 5) is 27.7. The molecule has 2 rings (SSSR count). The number of hydrogen-bond donors (Lipinski definition) is 2. The molecule has 7 heteroatoms. The molecule has 22 heavy (non-hydrogen) atoms. The van der Waals surface area contributed by atoms with Gasteiger partial charge < -0.3 is 15.6 Å². The lowest BCUT2D eigenvalue weighted by molar-refractivity contribution is -0.120. The number of nitrogens with zero attached hydrogens (tertiary/aromatic N) is 2. The molecule has 1 heterocycles. The van der Waals surface area contributed by atoms with E-state index in [1.54, 1.807) is 24.3 Å². The molecule has 2 amide bonds. The van der Waals surface area contributed by atoms with Gasteiger partial charge in [0.05, 0.1) is 0 Å². The Hall–Kier alpha value is -2.70. The highest BCUT2D eigenvalue weighted by molar-refractivity contribution is 5.98. The molecule has 0 unspecified atom stereocenters. The lowest BCUT2D eigenvalue weighted by Gasteiger charge is -2.21. The quantitative estimate of drug-likeness (QED) is 0.837. The number of benzene rings is 1. The Morgan fingerprint density at radius 1 is 1.41 bits per heavy atom. The molecule has 2 aromatic rings. The van der Waals surface area contributed by atoms with Crippen molar-refractivity contribution < 1.29 is 14.1 Å². The van der Waals surface area contributed by atoms with E-state index in [-0.39, 0.29) is 11.8 Å². The van der Waals surface area contributed by atoms with Crippen LogP contribution in [0.15, 0.2) is 35.2 Å². The smallest absolute Gasteiger partial charge is 0.251 e. The second kappa shape index (κ2) is 6.84. The van der Waals surface area contributed by atoms with Crippen molar-refractivity contribution in [2.45, 2.75) is 26.3 Å². The summed E-state index contributed by atoms with van der Waals surface area (Å²) in [6, 6.07) is 6.05. The van der Waals surface area contributed by atoms with Gasteiger partial charge in [-0.1, -0.05) is 37.6 Å². The molecule has 7 nitrogen and oxygen atoms in total. The third-order valence-corrected chi connectivity index (χ3v) is 3.55. The SMILES string of the molecule is CC[C@@H](C)[C@@H](NC(=O)c1cccc(-c2ncon2)c1)C(N)=O. The van der Waals surface area contributed by atoms with Gasteiger partial charge >= 0.3 is 0 Å². The van der Waals surface area contributed by atoms with Gasteiger partial charge in [-0.05, 0) is 18.1 Å². The minimum Gasteiger partial charge on any atom is -0.368 e. The molecular formula is C15H18N4O3. The normalized spacial score (nSPS) is 13.4. The number of carbonyl (C=O) groups is 2. The minimum absolute atomic E-state index is 0.0400. The Morgan fingerprint density at radius 2 is 2.18 bits per heavy atom. The van der Waals surface area contributed by atoms with E-state index in [2.05, 4.69) is 20.0 Å². The van der Waals surface area contributed by atoms with Crippen LogP contribution in [-0.4, -0.2) is 28.0 Å². The second-order valence-corrected chi connectivity index (χ2v) is 5.07. The van der Waals surface area contributed by atoms with Crippen molar-refractivity contribution in [2.75, 3.05) is 0 Å². The number of rotatable bonds is 6. The molecule has 0 fully saturated rings. The maximum Gasteiger partial charge on any atom is 0.251 e. The summed E-state index contributed by atoms with van der Waals surface area (Å²) >= 11 is 0. The lowest BCUT2D eigenvalue weighted by atomic mass is 9.98. The zero-order chi connectivity index (χ0) is 16.1. The molecule has 0 bridgehead atoms.